The summed E-state index contributed by atoms with van der Waals surface area (Å²) in [5.74, 6) is 0.894. The highest BCUT2D eigenvalue weighted by Gasteiger charge is 2.29. The molecule has 0 spiro atoms. The summed E-state index contributed by atoms with van der Waals surface area (Å²) in [4.78, 5) is 6.04. The first kappa shape index (κ1) is 19.2. The van der Waals surface area contributed by atoms with Crippen molar-refractivity contribution < 1.29 is 4.74 Å². The predicted octanol–water partition coefficient (Wildman–Crippen LogP) is 4.46. The van der Waals surface area contributed by atoms with Crippen LogP contribution in [0, 0.1) is 0 Å². The molecule has 0 saturated carbocycles. The number of benzene rings is 2. The Labute approximate surface area is 180 Å². The Hall–Kier alpha value is -2.83. The number of hydrogen-bond acceptors (Lipinski definition) is 4. The van der Waals surface area contributed by atoms with Crippen molar-refractivity contribution in [1.29, 1.82) is 0 Å². The van der Waals surface area contributed by atoms with Crippen LogP contribution in [0.3, 0.4) is 0 Å². The Kier molecular flexibility index (Phi) is 5.19. The van der Waals surface area contributed by atoms with Gasteiger partial charge in [0.05, 0.1) is 18.8 Å². The summed E-state index contributed by atoms with van der Waals surface area (Å²) in [5.41, 5.74) is 4.99. The Balaban J connectivity index is 1.37. The molecule has 154 valence electrons. The largest absolute Gasteiger partial charge is 0.494 e. The van der Waals surface area contributed by atoms with Crippen molar-refractivity contribution in [1.82, 2.24) is 24.9 Å². The van der Waals surface area contributed by atoms with Gasteiger partial charge in [-0.25, -0.2) is 0 Å². The fourth-order valence-corrected chi connectivity index (χ4v) is 4.52. The van der Waals surface area contributed by atoms with E-state index in [9.17, 15) is 0 Å². The van der Waals surface area contributed by atoms with Crippen molar-refractivity contribution in [2.75, 3.05) is 20.2 Å². The molecule has 2 aromatic carbocycles. The second-order valence-corrected chi connectivity index (χ2v) is 8.22. The average Bonchev–Trinajstić information content (AvgIpc) is 3.39. The van der Waals surface area contributed by atoms with Gasteiger partial charge in [-0.1, -0.05) is 28.9 Å². The number of ether oxygens (including phenoxy) is 1. The topological polar surface area (TPSA) is 59.0 Å². The lowest BCUT2D eigenvalue weighted by Gasteiger charge is -2.33. The Morgan fingerprint density at radius 1 is 1.23 bits per heavy atom. The molecule has 1 N–H and O–H groups in total. The summed E-state index contributed by atoms with van der Waals surface area (Å²) >= 11 is 6.26. The van der Waals surface area contributed by atoms with E-state index in [2.05, 4.69) is 57.6 Å². The minimum absolute atomic E-state index is 0.165. The minimum atomic E-state index is 0.165. The van der Waals surface area contributed by atoms with Crippen LogP contribution in [0.1, 0.15) is 29.3 Å². The van der Waals surface area contributed by atoms with Crippen LogP contribution in [0.25, 0.3) is 10.9 Å². The first-order valence-corrected chi connectivity index (χ1v) is 10.6. The van der Waals surface area contributed by atoms with Gasteiger partial charge in [0, 0.05) is 47.3 Å². The van der Waals surface area contributed by atoms with Crippen LogP contribution in [-0.2, 0) is 13.0 Å². The zero-order valence-electron chi connectivity index (χ0n) is 16.9. The van der Waals surface area contributed by atoms with Crippen molar-refractivity contribution >= 4 is 22.5 Å². The van der Waals surface area contributed by atoms with Crippen molar-refractivity contribution in [2.45, 2.75) is 25.4 Å². The maximum atomic E-state index is 6.26. The van der Waals surface area contributed by atoms with Gasteiger partial charge in [0.15, 0.2) is 0 Å². The number of H-pyrrole nitrogens is 1. The van der Waals surface area contributed by atoms with E-state index < -0.39 is 0 Å². The van der Waals surface area contributed by atoms with Gasteiger partial charge in [-0.05, 0) is 54.9 Å². The molecule has 2 aromatic heterocycles. The number of aromatic amines is 1. The van der Waals surface area contributed by atoms with Gasteiger partial charge in [0.1, 0.15) is 5.75 Å². The van der Waals surface area contributed by atoms with Gasteiger partial charge in [-0.15, -0.1) is 5.10 Å². The lowest BCUT2D eigenvalue weighted by Crippen LogP contribution is -2.32. The molecule has 4 aromatic rings. The van der Waals surface area contributed by atoms with Gasteiger partial charge in [-0.2, -0.15) is 0 Å². The lowest BCUT2D eigenvalue weighted by molar-refractivity contribution is 0.259. The van der Waals surface area contributed by atoms with Crippen LogP contribution in [-0.4, -0.2) is 45.1 Å². The Bertz CT molecular complexity index is 1150. The summed E-state index contributed by atoms with van der Waals surface area (Å²) < 4.78 is 7.85. The van der Waals surface area contributed by atoms with Gasteiger partial charge >= 0.3 is 0 Å². The molecule has 1 atom stereocenters. The van der Waals surface area contributed by atoms with Gasteiger partial charge in [0.2, 0.25) is 0 Å². The summed E-state index contributed by atoms with van der Waals surface area (Å²) in [6, 6.07) is 14.7. The molecule has 3 heterocycles. The number of aryl methyl sites for hydroxylation is 1. The van der Waals surface area contributed by atoms with Gasteiger partial charge < -0.3 is 9.72 Å². The van der Waals surface area contributed by atoms with Crippen LogP contribution >= 0.6 is 11.6 Å². The number of nitrogens with one attached hydrogen (secondary N) is 1. The standard InChI is InChI=1S/C23H24ClN5O/c1-28-11-8-19-20-15-17(24)6-7-21(20)26-22(19)23(28)16-4-2-5-18(14-16)30-13-3-10-29-12-9-25-27-29/h2,4-7,9,12,14-15,23,26H,3,8,10-11,13H2,1H3. The molecule has 0 fully saturated rings. The van der Waals surface area contributed by atoms with E-state index >= 15 is 0 Å². The van der Waals surface area contributed by atoms with Crippen LogP contribution in [0.5, 0.6) is 5.75 Å². The average molecular weight is 422 g/mol. The van der Waals surface area contributed by atoms with Crippen LogP contribution in [0.15, 0.2) is 54.9 Å². The zero-order chi connectivity index (χ0) is 20.5. The lowest BCUT2D eigenvalue weighted by atomic mass is 9.93. The molecule has 0 aliphatic carbocycles. The number of aromatic nitrogens is 4. The molecule has 1 aliphatic heterocycles. The third-order valence-electron chi connectivity index (χ3n) is 5.78. The molecule has 0 amide bonds. The molecule has 5 rings (SSSR count). The van der Waals surface area contributed by atoms with Crippen molar-refractivity contribution in [3.63, 3.8) is 0 Å². The molecular weight excluding hydrogens is 398 g/mol. The second-order valence-electron chi connectivity index (χ2n) is 7.78. The fourth-order valence-electron chi connectivity index (χ4n) is 4.35. The van der Waals surface area contributed by atoms with E-state index in [0.717, 1.165) is 42.2 Å². The van der Waals surface area contributed by atoms with Crippen LogP contribution < -0.4 is 4.74 Å². The zero-order valence-corrected chi connectivity index (χ0v) is 17.6. The van der Waals surface area contributed by atoms with E-state index in [4.69, 9.17) is 16.3 Å². The quantitative estimate of drug-likeness (QED) is 0.467. The van der Waals surface area contributed by atoms with Crippen molar-refractivity contribution in [3.05, 3.63) is 76.7 Å². The fraction of sp³-hybridized carbons (Fsp3) is 0.304. The molecule has 0 saturated heterocycles. The number of rotatable bonds is 6. The molecule has 1 unspecified atom stereocenters. The maximum absolute atomic E-state index is 6.26. The van der Waals surface area contributed by atoms with E-state index in [1.165, 1.54) is 22.2 Å². The molecule has 0 radical (unpaired) electrons. The highest BCUT2D eigenvalue weighted by molar-refractivity contribution is 6.31. The first-order chi connectivity index (χ1) is 14.7. The summed E-state index contributed by atoms with van der Waals surface area (Å²) in [6.07, 6.45) is 5.45. The Morgan fingerprint density at radius 2 is 2.17 bits per heavy atom. The van der Waals surface area contributed by atoms with Crippen molar-refractivity contribution in [2.24, 2.45) is 0 Å². The first-order valence-electron chi connectivity index (χ1n) is 10.3. The molecule has 30 heavy (non-hydrogen) atoms. The molecule has 7 heteroatoms. The molecular formula is C23H24ClN5O. The minimum Gasteiger partial charge on any atom is -0.494 e. The monoisotopic (exact) mass is 421 g/mol. The van der Waals surface area contributed by atoms with E-state index in [-0.39, 0.29) is 6.04 Å². The maximum Gasteiger partial charge on any atom is 0.119 e. The molecule has 0 bridgehead atoms. The number of hydrogen-bond donors (Lipinski definition) is 1. The smallest absolute Gasteiger partial charge is 0.119 e. The normalized spacial score (nSPS) is 16.7. The van der Waals surface area contributed by atoms with Crippen molar-refractivity contribution in [3.8, 4) is 5.75 Å². The SMILES string of the molecule is CN1CCc2c([nH]c3ccc(Cl)cc23)C1c1cccc(OCCCn2ccnn2)c1. The third kappa shape index (κ3) is 3.68. The van der Waals surface area contributed by atoms with Crippen LogP contribution in [0.4, 0.5) is 0 Å². The van der Waals surface area contributed by atoms with Gasteiger partial charge in [0.25, 0.3) is 0 Å². The summed E-state index contributed by atoms with van der Waals surface area (Å²) in [6.45, 7) is 2.44. The number of halogens is 1. The van der Waals surface area contributed by atoms with E-state index in [1.54, 1.807) is 6.20 Å². The van der Waals surface area contributed by atoms with E-state index in [1.807, 2.05) is 23.0 Å². The number of nitrogens with zero attached hydrogens (tertiary/aromatic N) is 4. The van der Waals surface area contributed by atoms with Crippen LogP contribution in [0.2, 0.25) is 5.02 Å². The third-order valence-corrected chi connectivity index (χ3v) is 6.01. The predicted molar refractivity (Wildman–Crippen MR) is 118 cm³/mol. The molecule has 1 aliphatic rings. The van der Waals surface area contributed by atoms with Gasteiger partial charge in [-0.3, -0.25) is 9.58 Å². The summed E-state index contributed by atoms with van der Waals surface area (Å²) in [5, 5.41) is 9.82. The highest BCUT2D eigenvalue weighted by Crippen LogP contribution is 2.39. The Morgan fingerprint density at radius 3 is 3.03 bits per heavy atom. The number of fused-ring (bicyclic) bond motifs is 3. The molecule has 6 nitrogen and oxygen atoms in total. The second kappa shape index (κ2) is 8.13. The summed E-state index contributed by atoms with van der Waals surface area (Å²) in [7, 11) is 2.18. The van der Waals surface area contributed by atoms with E-state index in [0.29, 0.717) is 6.61 Å². The highest BCUT2D eigenvalue weighted by atomic mass is 35.5. The number of likely N-dealkylation sites (N-methyl/N-ethyl adjacent to an activating group) is 1.